The first-order valence-corrected chi connectivity index (χ1v) is 14.8. The predicted molar refractivity (Wildman–Crippen MR) is 162 cm³/mol. The van der Waals surface area contributed by atoms with Gasteiger partial charge in [0.05, 0.1) is 6.10 Å². The Morgan fingerprint density at radius 1 is 1.14 bits per heavy atom. The number of nitriles is 1. The molecule has 4 N–H and O–H groups in total. The minimum atomic E-state index is -1.38. The number of piperidine rings is 1. The van der Waals surface area contributed by atoms with Gasteiger partial charge in [-0.05, 0) is 57.4 Å². The van der Waals surface area contributed by atoms with Crippen LogP contribution in [0, 0.1) is 37.0 Å². The fourth-order valence-corrected chi connectivity index (χ4v) is 5.04. The highest BCUT2D eigenvalue weighted by Crippen LogP contribution is 2.23. The normalized spacial score (nSPS) is 17.3. The lowest BCUT2D eigenvalue weighted by Gasteiger charge is -2.34. The van der Waals surface area contributed by atoms with E-state index >= 15 is 0 Å². The molecule has 1 unspecified atom stereocenters. The molecule has 12 nitrogen and oxygen atoms in total. The summed E-state index contributed by atoms with van der Waals surface area (Å²) >= 11 is 0. The third-order valence-electron chi connectivity index (χ3n) is 7.36. The number of nitrogens with one attached hydrogen (secondary N) is 3. The number of nitrogens with zero attached hydrogens (tertiary/aromatic N) is 3. The molecule has 0 aliphatic carbocycles. The van der Waals surface area contributed by atoms with Gasteiger partial charge in [-0.1, -0.05) is 54.9 Å². The Morgan fingerprint density at radius 3 is 2.43 bits per heavy atom. The molecule has 0 bridgehead atoms. The minimum absolute atomic E-state index is 0.0293. The van der Waals surface area contributed by atoms with E-state index in [0.29, 0.717) is 31.7 Å². The highest BCUT2D eigenvalue weighted by Gasteiger charge is 2.34. The summed E-state index contributed by atoms with van der Waals surface area (Å²) in [6.45, 7) is 9.75. The van der Waals surface area contributed by atoms with Gasteiger partial charge in [-0.3, -0.25) is 19.2 Å². The SMILES string of the molecule is Cc1ccc(CNC(=O)[C@H](CC2CCCN(C(=O)/C(C#N)=C/C(C)C)C2)NC(=O)[C@@H](NC(=O)c2cc(C)on2)[C@@H](C)O)cc1. The second-order valence-electron chi connectivity index (χ2n) is 11.7. The van der Waals surface area contributed by atoms with Gasteiger partial charge in [0.2, 0.25) is 11.8 Å². The van der Waals surface area contributed by atoms with Crippen molar-refractivity contribution in [3.05, 3.63) is 64.6 Å². The Balaban J connectivity index is 1.77. The number of hydrogen-bond acceptors (Lipinski definition) is 8. The van der Waals surface area contributed by atoms with E-state index in [0.717, 1.165) is 11.1 Å². The molecule has 44 heavy (non-hydrogen) atoms. The molecular formula is C32H42N6O6. The summed E-state index contributed by atoms with van der Waals surface area (Å²) in [5.41, 5.74) is 1.99. The summed E-state index contributed by atoms with van der Waals surface area (Å²) in [6.07, 6.45) is 1.93. The Hall–Kier alpha value is -4.50. The molecule has 3 rings (SSSR count). The molecule has 1 aromatic carbocycles. The molecule has 0 saturated carbocycles. The molecular weight excluding hydrogens is 564 g/mol. The van der Waals surface area contributed by atoms with Crippen molar-refractivity contribution in [2.75, 3.05) is 13.1 Å². The highest BCUT2D eigenvalue weighted by molar-refractivity contribution is 5.98. The number of carbonyl (C=O) groups is 4. The van der Waals surface area contributed by atoms with Crippen molar-refractivity contribution >= 4 is 23.6 Å². The van der Waals surface area contributed by atoms with Crippen LogP contribution >= 0.6 is 0 Å². The molecule has 1 aromatic heterocycles. The summed E-state index contributed by atoms with van der Waals surface area (Å²) in [5.74, 6) is -1.98. The van der Waals surface area contributed by atoms with Crippen LogP contribution < -0.4 is 16.0 Å². The van der Waals surface area contributed by atoms with Crippen molar-refractivity contribution in [1.29, 1.82) is 5.26 Å². The van der Waals surface area contributed by atoms with E-state index < -0.39 is 35.9 Å². The van der Waals surface area contributed by atoms with Crippen LogP contribution in [0.4, 0.5) is 0 Å². The summed E-state index contributed by atoms with van der Waals surface area (Å²) in [7, 11) is 0. The third kappa shape index (κ3) is 9.77. The maximum absolute atomic E-state index is 13.5. The van der Waals surface area contributed by atoms with Crippen molar-refractivity contribution in [2.24, 2.45) is 11.8 Å². The zero-order valence-electron chi connectivity index (χ0n) is 25.9. The summed E-state index contributed by atoms with van der Waals surface area (Å²) in [5, 5.41) is 31.6. The van der Waals surface area contributed by atoms with Crippen molar-refractivity contribution in [3.8, 4) is 6.07 Å². The molecule has 0 spiro atoms. The van der Waals surface area contributed by atoms with Crippen molar-refractivity contribution in [2.45, 2.75) is 78.6 Å². The van der Waals surface area contributed by atoms with E-state index in [1.807, 2.05) is 51.1 Å². The van der Waals surface area contributed by atoms with Gasteiger partial charge in [0.25, 0.3) is 11.8 Å². The van der Waals surface area contributed by atoms with Crippen LogP contribution in [0.25, 0.3) is 0 Å². The lowest BCUT2D eigenvalue weighted by molar-refractivity contribution is -0.132. The van der Waals surface area contributed by atoms with Gasteiger partial charge in [-0.15, -0.1) is 0 Å². The molecule has 4 atom stereocenters. The fraction of sp³-hybridized carbons (Fsp3) is 0.500. The van der Waals surface area contributed by atoms with Crippen LogP contribution in [0.2, 0.25) is 0 Å². The molecule has 1 fully saturated rings. The Labute approximate surface area is 257 Å². The van der Waals surface area contributed by atoms with Gasteiger partial charge < -0.3 is 30.5 Å². The summed E-state index contributed by atoms with van der Waals surface area (Å²) < 4.78 is 4.93. The minimum Gasteiger partial charge on any atom is -0.391 e. The molecule has 1 saturated heterocycles. The van der Waals surface area contributed by atoms with E-state index in [1.165, 1.54) is 13.0 Å². The average Bonchev–Trinajstić information content (AvgIpc) is 3.43. The van der Waals surface area contributed by atoms with E-state index in [-0.39, 0.29) is 42.0 Å². The van der Waals surface area contributed by atoms with Crippen LogP contribution in [-0.2, 0) is 20.9 Å². The van der Waals surface area contributed by atoms with Gasteiger partial charge in [0.1, 0.15) is 29.5 Å². The molecule has 2 aromatic rings. The number of carbonyl (C=O) groups excluding carboxylic acids is 4. The van der Waals surface area contributed by atoms with Crippen LogP contribution in [0.15, 0.2) is 46.5 Å². The van der Waals surface area contributed by atoms with Crippen LogP contribution in [-0.4, -0.2) is 70.1 Å². The number of aliphatic hydroxyl groups is 1. The Bertz CT molecular complexity index is 1390. The molecule has 0 radical (unpaired) electrons. The Morgan fingerprint density at radius 2 is 1.84 bits per heavy atom. The van der Waals surface area contributed by atoms with Crippen LogP contribution in [0.3, 0.4) is 0 Å². The third-order valence-corrected chi connectivity index (χ3v) is 7.36. The first-order chi connectivity index (χ1) is 20.9. The number of hydrogen-bond donors (Lipinski definition) is 4. The van der Waals surface area contributed by atoms with Crippen molar-refractivity contribution < 1.29 is 28.8 Å². The quantitative estimate of drug-likeness (QED) is 0.210. The van der Waals surface area contributed by atoms with E-state index in [9.17, 15) is 29.5 Å². The average molecular weight is 607 g/mol. The van der Waals surface area contributed by atoms with Gasteiger partial charge in [-0.25, -0.2) is 0 Å². The molecule has 1 aliphatic heterocycles. The van der Waals surface area contributed by atoms with Crippen molar-refractivity contribution in [3.63, 3.8) is 0 Å². The Kier molecular flexibility index (Phi) is 12.2. The van der Waals surface area contributed by atoms with E-state index in [1.54, 1.807) is 17.9 Å². The number of benzene rings is 1. The maximum Gasteiger partial charge on any atom is 0.274 e. The van der Waals surface area contributed by atoms with E-state index in [4.69, 9.17) is 4.52 Å². The van der Waals surface area contributed by atoms with Gasteiger partial charge in [0, 0.05) is 25.7 Å². The second-order valence-corrected chi connectivity index (χ2v) is 11.7. The molecule has 236 valence electrons. The monoisotopic (exact) mass is 606 g/mol. The van der Waals surface area contributed by atoms with E-state index in [2.05, 4.69) is 21.1 Å². The summed E-state index contributed by atoms with van der Waals surface area (Å²) in [6, 6.07) is 8.66. The number of aryl methyl sites for hydroxylation is 2. The van der Waals surface area contributed by atoms with Crippen LogP contribution in [0.5, 0.6) is 0 Å². The van der Waals surface area contributed by atoms with Crippen LogP contribution in [0.1, 0.15) is 67.4 Å². The number of aliphatic hydroxyl groups excluding tert-OH is 1. The van der Waals surface area contributed by atoms with Gasteiger partial charge >= 0.3 is 0 Å². The molecule has 2 heterocycles. The first kappa shape index (κ1) is 34.0. The lowest BCUT2D eigenvalue weighted by Crippen LogP contribution is -2.57. The number of allylic oxidation sites excluding steroid dienone is 1. The number of rotatable bonds is 12. The first-order valence-electron chi connectivity index (χ1n) is 14.8. The zero-order valence-corrected chi connectivity index (χ0v) is 25.9. The molecule has 12 heteroatoms. The van der Waals surface area contributed by atoms with Gasteiger partial charge in [-0.2, -0.15) is 5.26 Å². The molecule has 4 amide bonds. The fourth-order valence-electron chi connectivity index (χ4n) is 5.04. The summed E-state index contributed by atoms with van der Waals surface area (Å²) in [4.78, 5) is 54.3. The smallest absolute Gasteiger partial charge is 0.274 e. The highest BCUT2D eigenvalue weighted by atomic mass is 16.5. The maximum atomic E-state index is 13.5. The van der Waals surface area contributed by atoms with Gasteiger partial charge in [0.15, 0.2) is 5.69 Å². The number of amides is 4. The predicted octanol–water partition coefficient (Wildman–Crippen LogP) is 2.31. The molecule has 1 aliphatic rings. The number of likely N-dealkylation sites (tertiary alicyclic amines) is 1. The lowest BCUT2D eigenvalue weighted by atomic mass is 9.90. The largest absolute Gasteiger partial charge is 0.391 e. The second kappa shape index (κ2) is 15.8. The number of aromatic nitrogens is 1. The topological polar surface area (TPSA) is 178 Å². The zero-order chi connectivity index (χ0) is 32.4. The van der Waals surface area contributed by atoms with Crippen molar-refractivity contribution in [1.82, 2.24) is 26.0 Å². The standard InChI is InChI=1S/C32H42N6O6/c1-19(2)13-25(16-33)32(43)38-12-6-7-24(18-38)15-26(29(40)34-17-23-10-8-20(3)9-11-23)35-31(42)28(22(5)39)36-30(41)27-14-21(4)44-37-27/h8-11,13-14,19,22,24,26,28,39H,6-7,12,15,17-18H2,1-5H3,(H,34,40)(H,35,42)(H,36,41)/b25-13+/t22-,24?,26+,28+/m1/s1.